The molecule has 0 aliphatic rings. The molecular formula is C14H13ClFN3O2. The van der Waals surface area contributed by atoms with E-state index in [1.165, 1.54) is 19.2 Å². The second kappa shape index (κ2) is 5.65. The van der Waals surface area contributed by atoms with Gasteiger partial charge in [-0.3, -0.25) is 9.59 Å². The summed E-state index contributed by atoms with van der Waals surface area (Å²) < 4.78 is 14.7. The highest BCUT2D eigenvalue weighted by Crippen LogP contribution is 2.20. The molecule has 110 valence electrons. The van der Waals surface area contributed by atoms with E-state index < -0.39 is 17.3 Å². The maximum Gasteiger partial charge on any atom is 0.279 e. The summed E-state index contributed by atoms with van der Waals surface area (Å²) >= 11 is 5.77. The van der Waals surface area contributed by atoms with Gasteiger partial charge in [-0.2, -0.15) is 5.10 Å². The van der Waals surface area contributed by atoms with E-state index in [9.17, 15) is 14.0 Å². The summed E-state index contributed by atoms with van der Waals surface area (Å²) in [6, 6.07) is 3.79. The first kappa shape index (κ1) is 15.2. The van der Waals surface area contributed by atoms with Crippen molar-refractivity contribution >= 4 is 23.2 Å². The number of carbonyl (C=O) groups excluding carboxylic acids is 1. The Kier molecular flexibility index (Phi) is 4.09. The lowest BCUT2D eigenvalue weighted by Crippen LogP contribution is -2.31. The van der Waals surface area contributed by atoms with Gasteiger partial charge in [0.15, 0.2) is 0 Å². The fraction of sp³-hybridized carbons (Fsp3) is 0.214. The fourth-order valence-electron chi connectivity index (χ4n) is 1.89. The second-order valence-electron chi connectivity index (χ2n) is 4.59. The van der Waals surface area contributed by atoms with E-state index in [1.807, 2.05) is 0 Å². The van der Waals surface area contributed by atoms with Gasteiger partial charge >= 0.3 is 0 Å². The normalized spacial score (nSPS) is 10.5. The Bertz CT molecular complexity index is 787. The number of halogens is 2. The van der Waals surface area contributed by atoms with Gasteiger partial charge in [-0.15, -0.1) is 0 Å². The molecule has 1 N–H and O–H groups in total. The van der Waals surface area contributed by atoms with E-state index in [1.54, 1.807) is 13.8 Å². The number of anilines is 1. The van der Waals surface area contributed by atoms with Crippen molar-refractivity contribution in [3.8, 4) is 0 Å². The summed E-state index contributed by atoms with van der Waals surface area (Å²) in [6.07, 6.45) is 0. The van der Waals surface area contributed by atoms with Gasteiger partial charge in [0, 0.05) is 12.1 Å². The number of benzene rings is 1. The number of hydrogen-bond acceptors (Lipinski definition) is 3. The first-order valence-electron chi connectivity index (χ1n) is 6.12. The molecule has 1 aromatic carbocycles. The smallest absolute Gasteiger partial charge is 0.279 e. The summed E-state index contributed by atoms with van der Waals surface area (Å²) in [5, 5.41) is 6.63. The largest absolute Gasteiger partial charge is 0.319 e. The van der Waals surface area contributed by atoms with Crippen molar-refractivity contribution in [1.82, 2.24) is 9.78 Å². The van der Waals surface area contributed by atoms with Crippen LogP contribution in [-0.4, -0.2) is 15.7 Å². The van der Waals surface area contributed by atoms with Crippen molar-refractivity contribution < 1.29 is 9.18 Å². The van der Waals surface area contributed by atoms with E-state index in [4.69, 9.17) is 11.6 Å². The molecule has 0 unspecified atom stereocenters. The van der Waals surface area contributed by atoms with E-state index in [0.717, 1.165) is 10.7 Å². The zero-order valence-electron chi connectivity index (χ0n) is 11.7. The Morgan fingerprint density at radius 1 is 1.38 bits per heavy atom. The molecule has 0 fully saturated rings. The minimum Gasteiger partial charge on any atom is -0.319 e. The monoisotopic (exact) mass is 309 g/mol. The molecule has 21 heavy (non-hydrogen) atoms. The standard InChI is InChI=1S/C14H13ClFN3O2/c1-7-8(2)18-19(3)14(21)12(7)13(20)17-11-6-9(15)4-5-10(11)16/h4-6H,1-3H3,(H,17,20). The quantitative estimate of drug-likeness (QED) is 0.926. The van der Waals surface area contributed by atoms with E-state index in [-0.39, 0.29) is 16.3 Å². The molecule has 2 aromatic rings. The molecule has 0 aliphatic carbocycles. The molecule has 0 radical (unpaired) electrons. The van der Waals surface area contributed by atoms with Crippen LogP contribution in [0.5, 0.6) is 0 Å². The van der Waals surface area contributed by atoms with Gasteiger partial charge in [-0.05, 0) is 37.6 Å². The van der Waals surface area contributed by atoms with Crippen molar-refractivity contribution in [2.45, 2.75) is 13.8 Å². The number of aryl methyl sites for hydroxylation is 2. The van der Waals surface area contributed by atoms with Crippen LogP contribution in [0.4, 0.5) is 10.1 Å². The number of aromatic nitrogens is 2. The van der Waals surface area contributed by atoms with E-state index >= 15 is 0 Å². The third kappa shape index (κ3) is 2.95. The summed E-state index contributed by atoms with van der Waals surface area (Å²) in [4.78, 5) is 24.3. The third-order valence-corrected chi connectivity index (χ3v) is 3.36. The Hall–Kier alpha value is -2.21. The molecule has 2 rings (SSSR count). The van der Waals surface area contributed by atoms with Crippen molar-refractivity contribution in [3.05, 3.63) is 56.2 Å². The van der Waals surface area contributed by atoms with Gasteiger partial charge in [0.1, 0.15) is 11.4 Å². The number of carbonyl (C=O) groups is 1. The average Bonchev–Trinajstić information content (AvgIpc) is 2.41. The molecule has 0 saturated heterocycles. The predicted octanol–water partition coefficient (Wildman–Crippen LogP) is 2.44. The van der Waals surface area contributed by atoms with Gasteiger partial charge in [-0.25, -0.2) is 9.07 Å². The van der Waals surface area contributed by atoms with Crippen LogP contribution in [0, 0.1) is 19.7 Å². The van der Waals surface area contributed by atoms with Crippen LogP contribution in [0.15, 0.2) is 23.0 Å². The van der Waals surface area contributed by atoms with Crippen molar-refractivity contribution in [1.29, 1.82) is 0 Å². The van der Waals surface area contributed by atoms with Crippen LogP contribution in [-0.2, 0) is 7.05 Å². The lowest BCUT2D eigenvalue weighted by atomic mass is 10.1. The molecule has 0 spiro atoms. The third-order valence-electron chi connectivity index (χ3n) is 3.13. The van der Waals surface area contributed by atoms with E-state index in [2.05, 4.69) is 10.4 Å². The number of amides is 1. The van der Waals surface area contributed by atoms with Crippen molar-refractivity contribution in [2.75, 3.05) is 5.32 Å². The first-order valence-corrected chi connectivity index (χ1v) is 6.50. The maximum absolute atomic E-state index is 13.6. The molecule has 0 bridgehead atoms. The average molecular weight is 310 g/mol. The Balaban J connectivity index is 2.47. The van der Waals surface area contributed by atoms with Crippen LogP contribution >= 0.6 is 11.6 Å². The maximum atomic E-state index is 13.6. The fourth-order valence-corrected chi connectivity index (χ4v) is 2.07. The predicted molar refractivity (Wildman–Crippen MR) is 78.3 cm³/mol. The van der Waals surface area contributed by atoms with Crippen LogP contribution in [0.1, 0.15) is 21.6 Å². The van der Waals surface area contributed by atoms with Crippen LogP contribution in [0.2, 0.25) is 5.02 Å². The van der Waals surface area contributed by atoms with Gasteiger partial charge in [0.05, 0.1) is 11.4 Å². The molecule has 1 heterocycles. The zero-order valence-corrected chi connectivity index (χ0v) is 12.5. The number of rotatable bonds is 2. The van der Waals surface area contributed by atoms with Gasteiger partial charge in [0.2, 0.25) is 0 Å². The lowest BCUT2D eigenvalue weighted by Gasteiger charge is -2.11. The van der Waals surface area contributed by atoms with Crippen LogP contribution in [0.25, 0.3) is 0 Å². The Morgan fingerprint density at radius 2 is 2.05 bits per heavy atom. The molecular weight excluding hydrogens is 297 g/mol. The molecule has 7 heteroatoms. The lowest BCUT2D eigenvalue weighted by molar-refractivity contribution is 0.102. The van der Waals surface area contributed by atoms with Crippen LogP contribution in [0.3, 0.4) is 0 Å². The number of hydrogen-bond donors (Lipinski definition) is 1. The minimum absolute atomic E-state index is 0.0654. The highest BCUT2D eigenvalue weighted by atomic mass is 35.5. The SMILES string of the molecule is Cc1nn(C)c(=O)c(C(=O)Nc2cc(Cl)ccc2F)c1C. The molecule has 5 nitrogen and oxygen atoms in total. The van der Waals surface area contributed by atoms with Gasteiger partial charge < -0.3 is 5.32 Å². The highest BCUT2D eigenvalue weighted by molar-refractivity contribution is 6.31. The zero-order chi connectivity index (χ0) is 15.7. The highest BCUT2D eigenvalue weighted by Gasteiger charge is 2.19. The molecule has 0 aliphatic heterocycles. The number of nitrogens with one attached hydrogen (secondary N) is 1. The van der Waals surface area contributed by atoms with E-state index in [0.29, 0.717) is 11.3 Å². The molecule has 0 saturated carbocycles. The van der Waals surface area contributed by atoms with Gasteiger partial charge in [0.25, 0.3) is 11.5 Å². The molecule has 1 amide bonds. The van der Waals surface area contributed by atoms with Gasteiger partial charge in [-0.1, -0.05) is 11.6 Å². The summed E-state index contributed by atoms with van der Waals surface area (Å²) in [5.41, 5.74) is 0.317. The Morgan fingerprint density at radius 3 is 2.71 bits per heavy atom. The summed E-state index contributed by atoms with van der Waals surface area (Å²) in [7, 11) is 1.45. The summed E-state index contributed by atoms with van der Waals surface area (Å²) in [5.74, 6) is -1.33. The number of nitrogens with zero attached hydrogens (tertiary/aromatic N) is 2. The topological polar surface area (TPSA) is 64.0 Å². The second-order valence-corrected chi connectivity index (χ2v) is 5.03. The minimum atomic E-state index is -0.695. The van der Waals surface area contributed by atoms with Crippen LogP contribution < -0.4 is 10.9 Å². The molecule has 1 aromatic heterocycles. The Labute approximate surface area is 125 Å². The van der Waals surface area contributed by atoms with Crippen molar-refractivity contribution in [2.24, 2.45) is 7.05 Å². The van der Waals surface area contributed by atoms with Crippen molar-refractivity contribution in [3.63, 3.8) is 0 Å². The molecule has 0 atom stereocenters. The first-order chi connectivity index (χ1) is 9.81. The summed E-state index contributed by atoms with van der Waals surface area (Å²) in [6.45, 7) is 3.30.